The lowest BCUT2D eigenvalue weighted by molar-refractivity contribution is 0.516. The molecular weight excluding hydrogens is 524 g/mol. The van der Waals surface area contributed by atoms with Crippen LogP contribution >= 0.6 is 15.9 Å². The molecule has 0 spiro atoms. The Morgan fingerprint density at radius 1 is 0.263 bits per heavy atom. The van der Waals surface area contributed by atoms with Crippen LogP contribution in [-0.2, 0) is 0 Å². The van der Waals surface area contributed by atoms with E-state index in [4.69, 9.17) is 0 Å². The van der Waals surface area contributed by atoms with Crippen molar-refractivity contribution in [2.24, 2.45) is 0 Å². The Kier molecular flexibility index (Phi) is 36.0. The molecule has 0 amide bonds. The first-order valence-electron chi connectivity index (χ1n) is 18.4. The predicted molar refractivity (Wildman–Crippen MR) is 181 cm³/mol. The van der Waals surface area contributed by atoms with Gasteiger partial charge in [0.05, 0.1) is 0 Å². The average molecular weight is 600 g/mol. The smallest absolute Gasteiger partial charge is 0.0145 e. The van der Waals surface area contributed by atoms with Crippen molar-refractivity contribution in [2.75, 3.05) is 0 Å². The van der Waals surface area contributed by atoms with E-state index in [-0.39, 0.29) is 0 Å². The number of unbranched alkanes of at least 4 members (excludes halogenated alkanes) is 30. The van der Waals surface area contributed by atoms with E-state index in [1.54, 1.807) is 0 Å². The van der Waals surface area contributed by atoms with E-state index in [1.807, 2.05) is 0 Å². The van der Waals surface area contributed by atoms with Crippen LogP contribution in [0.4, 0.5) is 0 Å². The zero-order valence-electron chi connectivity index (χ0n) is 27.0. The third kappa shape index (κ3) is 34.5. The first-order valence-corrected chi connectivity index (χ1v) is 19.4. The molecule has 0 rings (SSSR count). The van der Waals surface area contributed by atoms with E-state index >= 15 is 0 Å². The van der Waals surface area contributed by atoms with Crippen molar-refractivity contribution in [2.45, 2.75) is 237 Å². The molecule has 1 heteroatoms. The molecule has 0 aromatic carbocycles. The Balaban J connectivity index is 3.13. The second-order valence-electron chi connectivity index (χ2n) is 12.8. The molecule has 0 heterocycles. The highest BCUT2D eigenvalue weighted by atomic mass is 79.9. The molecule has 0 atom stereocenters. The van der Waals surface area contributed by atoms with Gasteiger partial charge in [0, 0.05) is 4.83 Å². The van der Waals surface area contributed by atoms with Gasteiger partial charge in [-0.1, -0.05) is 235 Å². The number of hydrogen-bond donors (Lipinski definition) is 0. The van der Waals surface area contributed by atoms with Crippen LogP contribution in [0.25, 0.3) is 0 Å². The van der Waals surface area contributed by atoms with Gasteiger partial charge in [-0.25, -0.2) is 0 Å². The minimum atomic E-state index is 0.779. The van der Waals surface area contributed by atoms with Crippen LogP contribution in [0.15, 0.2) is 0 Å². The van der Waals surface area contributed by atoms with Crippen molar-refractivity contribution >= 4 is 15.9 Å². The van der Waals surface area contributed by atoms with E-state index < -0.39 is 0 Å². The zero-order chi connectivity index (χ0) is 27.6. The molecule has 0 radical (unpaired) electrons. The topological polar surface area (TPSA) is 0 Å². The summed E-state index contributed by atoms with van der Waals surface area (Å²) < 4.78 is 0. The van der Waals surface area contributed by atoms with Crippen molar-refractivity contribution in [3.8, 4) is 0 Å². The number of hydrogen-bond acceptors (Lipinski definition) is 0. The molecule has 0 aromatic heterocycles. The van der Waals surface area contributed by atoms with E-state index in [0.717, 1.165) is 4.83 Å². The average Bonchev–Trinajstić information content (AvgIpc) is 2.92. The van der Waals surface area contributed by atoms with Crippen LogP contribution in [-0.4, -0.2) is 4.83 Å². The molecule has 0 aliphatic heterocycles. The summed E-state index contributed by atoms with van der Waals surface area (Å²) in [5, 5.41) is 0. The van der Waals surface area contributed by atoms with Gasteiger partial charge in [-0.05, 0) is 12.8 Å². The highest BCUT2D eigenvalue weighted by molar-refractivity contribution is 9.09. The largest absolute Gasteiger partial charge is 0.0891 e. The van der Waals surface area contributed by atoms with Crippen molar-refractivity contribution in [3.05, 3.63) is 0 Å². The van der Waals surface area contributed by atoms with E-state index in [9.17, 15) is 0 Å². The minimum Gasteiger partial charge on any atom is -0.0891 e. The molecule has 38 heavy (non-hydrogen) atoms. The number of alkyl halides is 1. The molecule has 0 unspecified atom stereocenters. The van der Waals surface area contributed by atoms with Gasteiger partial charge in [0.15, 0.2) is 0 Å². The molecule has 0 saturated heterocycles. The maximum atomic E-state index is 3.97. The molecule has 0 aromatic rings. The maximum absolute atomic E-state index is 3.97. The lowest BCUT2D eigenvalue weighted by Crippen LogP contribution is -1.98. The Bertz CT molecular complexity index is 356. The van der Waals surface area contributed by atoms with Crippen LogP contribution in [0.2, 0.25) is 0 Å². The lowest BCUT2D eigenvalue weighted by Gasteiger charge is -2.09. The third-order valence-corrected chi connectivity index (χ3v) is 9.66. The molecular formula is C37H75Br. The summed E-state index contributed by atoms with van der Waals surface area (Å²) >= 11 is 3.97. The molecule has 0 N–H and O–H groups in total. The third-order valence-electron chi connectivity index (χ3n) is 8.74. The summed E-state index contributed by atoms with van der Waals surface area (Å²) in [7, 11) is 0. The molecule has 0 nitrogen and oxygen atoms in total. The lowest BCUT2D eigenvalue weighted by atomic mass is 10.0. The summed E-state index contributed by atoms with van der Waals surface area (Å²) in [4.78, 5) is 0.779. The van der Waals surface area contributed by atoms with Crippen LogP contribution < -0.4 is 0 Å². The zero-order valence-corrected chi connectivity index (χ0v) is 28.6. The van der Waals surface area contributed by atoms with Crippen molar-refractivity contribution < 1.29 is 0 Å². The fourth-order valence-electron chi connectivity index (χ4n) is 5.97. The van der Waals surface area contributed by atoms with Gasteiger partial charge in [-0.3, -0.25) is 0 Å². The van der Waals surface area contributed by atoms with Crippen molar-refractivity contribution in [1.29, 1.82) is 0 Å². The van der Waals surface area contributed by atoms with Gasteiger partial charge in [0.2, 0.25) is 0 Å². The molecule has 230 valence electrons. The molecule has 0 saturated carbocycles. The summed E-state index contributed by atoms with van der Waals surface area (Å²) in [6.45, 7) is 4.61. The second kappa shape index (κ2) is 35.5. The second-order valence-corrected chi connectivity index (χ2v) is 14.1. The fourth-order valence-corrected chi connectivity index (χ4v) is 6.62. The fraction of sp³-hybridized carbons (Fsp3) is 1.00. The molecule has 0 aliphatic carbocycles. The predicted octanol–water partition coefficient (Wildman–Crippen LogP) is 15.1. The van der Waals surface area contributed by atoms with Gasteiger partial charge in [-0.2, -0.15) is 0 Å². The van der Waals surface area contributed by atoms with Gasteiger partial charge < -0.3 is 0 Å². The van der Waals surface area contributed by atoms with Gasteiger partial charge in [0.25, 0.3) is 0 Å². The quantitative estimate of drug-likeness (QED) is 0.0510. The number of halogens is 1. The summed E-state index contributed by atoms with van der Waals surface area (Å²) in [5.74, 6) is 0. The van der Waals surface area contributed by atoms with Crippen LogP contribution in [0.3, 0.4) is 0 Å². The van der Waals surface area contributed by atoms with Gasteiger partial charge >= 0.3 is 0 Å². The molecule has 0 aliphatic rings. The summed E-state index contributed by atoms with van der Waals surface area (Å²) in [6, 6.07) is 0. The standard InChI is InChI=1S/C37H75Br/c1-3-5-7-9-11-13-15-17-19-21-23-25-27-29-31-33-35-37(38)36-34-32-30-28-26-24-22-20-18-16-14-12-10-8-6-4-2/h37H,3-36H2,1-2H3. The van der Waals surface area contributed by atoms with Gasteiger partial charge in [0.1, 0.15) is 0 Å². The van der Waals surface area contributed by atoms with E-state index in [0.29, 0.717) is 0 Å². The van der Waals surface area contributed by atoms with E-state index in [2.05, 4.69) is 29.8 Å². The van der Waals surface area contributed by atoms with Crippen LogP contribution in [0.5, 0.6) is 0 Å². The molecule has 0 fully saturated rings. The van der Waals surface area contributed by atoms with E-state index in [1.165, 1.54) is 218 Å². The first-order chi connectivity index (χ1) is 18.8. The highest BCUT2D eigenvalue weighted by Gasteiger charge is 2.04. The SMILES string of the molecule is CCCCCCCCCCCCCCCCCCC(Br)CCCCCCCCCCCCCCCCCC. The first kappa shape index (κ1) is 38.5. The van der Waals surface area contributed by atoms with Crippen LogP contribution in [0.1, 0.15) is 232 Å². The normalized spacial score (nSPS) is 11.7. The highest BCUT2D eigenvalue weighted by Crippen LogP contribution is 2.20. The van der Waals surface area contributed by atoms with Gasteiger partial charge in [-0.15, -0.1) is 0 Å². The van der Waals surface area contributed by atoms with Crippen molar-refractivity contribution in [1.82, 2.24) is 0 Å². The minimum absolute atomic E-state index is 0.779. The van der Waals surface area contributed by atoms with Crippen molar-refractivity contribution in [3.63, 3.8) is 0 Å². The Morgan fingerprint density at radius 3 is 0.605 bits per heavy atom. The summed E-state index contributed by atoms with van der Waals surface area (Å²) in [6.07, 6.45) is 49.7. The number of rotatable bonds is 34. The molecule has 0 bridgehead atoms. The van der Waals surface area contributed by atoms with Crippen LogP contribution in [0, 0.1) is 0 Å². The monoisotopic (exact) mass is 599 g/mol. The Hall–Kier alpha value is 0.480. The Labute approximate surface area is 252 Å². The maximum Gasteiger partial charge on any atom is 0.0145 e. The summed E-state index contributed by atoms with van der Waals surface area (Å²) in [5.41, 5.74) is 0. The Morgan fingerprint density at radius 2 is 0.421 bits per heavy atom.